The Hall–Kier alpha value is -2.50. The molecule has 6 nitrogen and oxygen atoms in total. The Kier molecular flexibility index (Phi) is 2.70. The first-order valence-electron chi connectivity index (χ1n) is 4.82. The SMILES string of the molecule is COc1ccc(-c2[nH]c(=O)[nH]c2C(=O)O)cc1. The molecule has 0 aliphatic heterocycles. The molecule has 0 amide bonds. The van der Waals surface area contributed by atoms with Crippen LogP contribution < -0.4 is 10.4 Å². The molecule has 1 aromatic carbocycles. The highest BCUT2D eigenvalue weighted by atomic mass is 16.5. The molecule has 0 saturated carbocycles. The van der Waals surface area contributed by atoms with E-state index in [1.54, 1.807) is 24.3 Å². The molecule has 0 unspecified atom stereocenters. The number of hydrogen-bond acceptors (Lipinski definition) is 3. The molecule has 2 rings (SSSR count). The fourth-order valence-electron chi connectivity index (χ4n) is 1.52. The Morgan fingerprint density at radius 2 is 1.88 bits per heavy atom. The van der Waals surface area contributed by atoms with Crippen LogP contribution in [0.3, 0.4) is 0 Å². The van der Waals surface area contributed by atoms with Crippen LogP contribution in [0.4, 0.5) is 0 Å². The summed E-state index contributed by atoms with van der Waals surface area (Å²) in [7, 11) is 1.54. The first kappa shape index (κ1) is 11.0. The van der Waals surface area contributed by atoms with E-state index in [2.05, 4.69) is 9.97 Å². The summed E-state index contributed by atoms with van der Waals surface area (Å²) in [5, 5.41) is 8.93. The van der Waals surface area contributed by atoms with Crippen molar-refractivity contribution < 1.29 is 14.6 Å². The highest BCUT2D eigenvalue weighted by Crippen LogP contribution is 2.22. The van der Waals surface area contributed by atoms with Gasteiger partial charge in [0.05, 0.1) is 12.8 Å². The van der Waals surface area contributed by atoms with E-state index in [9.17, 15) is 9.59 Å². The Labute approximate surface area is 95.9 Å². The van der Waals surface area contributed by atoms with Gasteiger partial charge >= 0.3 is 11.7 Å². The van der Waals surface area contributed by atoms with Gasteiger partial charge in [-0.05, 0) is 24.3 Å². The van der Waals surface area contributed by atoms with Gasteiger partial charge in [-0.25, -0.2) is 9.59 Å². The van der Waals surface area contributed by atoms with Gasteiger partial charge in [-0.3, -0.25) is 4.98 Å². The van der Waals surface area contributed by atoms with Gasteiger partial charge in [-0.15, -0.1) is 0 Å². The number of ether oxygens (including phenoxy) is 1. The molecule has 0 aliphatic rings. The summed E-state index contributed by atoms with van der Waals surface area (Å²) in [6.45, 7) is 0. The van der Waals surface area contributed by atoms with Gasteiger partial charge < -0.3 is 14.8 Å². The molecular formula is C11H10N2O4. The van der Waals surface area contributed by atoms with Crippen LogP contribution in [0.15, 0.2) is 29.1 Å². The molecule has 0 spiro atoms. The molecule has 1 aromatic heterocycles. The van der Waals surface area contributed by atoms with E-state index in [1.165, 1.54) is 7.11 Å². The van der Waals surface area contributed by atoms with E-state index < -0.39 is 11.7 Å². The van der Waals surface area contributed by atoms with Crippen molar-refractivity contribution in [1.82, 2.24) is 9.97 Å². The van der Waals surface area contributed by atoms with Crippen molar-refractivity contribution in [3.05, 3.63) is 40.4 Å². The summed E-state index contributed by atoms with van der Waals surface area (Å²) in [5.41, 5.74) is 0.153. The average molecular weight is 234 g/mol. The highest BCUT2D eigenvalue weighted by molar-refractivity contribution is 5.92. The van der Waals surface area contributed by atoms with Crippen molar-refractivity contribution in [2.45, 2.75) is 0 Å². The molecule has 0 radical (unpaired) electrons. The number of aromatic carboxylic acids is 1. The molecule has 0 atom stereocenters. The van der Waals surface area contributed by atoms with Crippen molar-refractivity contribution >= 4 is 5.97 Å². The monoisotopic (exact) mass is 234 g/mol. The van der Waals surface area contributed by atoms with Gasteiger partial charge in [0.1, 0.15) is 5.75 Å². The predicted molar refractivity (Wildman–Crippen MR) is 60.4 cm³/mol. The third-order valence-electron chi connectivity index (χ3n) is 2.32. The van der Waals surface area contributed by atoms with E-state index in [0.717, 1.165) is 0 Å². The topological polar surface area (TPSA) is 95.2 Å². The third-order valence-corrected chi connectivity index (χ3v) is 2.32. The largest absolute Gasteiger partial charge is 0.497 e. The summed E-state index contributed by atoms with van der Waals surface area (Å²) in [4.78, 5) is 26.7. The van der Waals surface area contributed by atoms with Crippen LogP contribution in [0.5, 0.6) is 5.75 Å². The third kappa shape index (κ3) is 2.05. The number of benzene rings is 1. The van der Waals surface area contributed by atoms with Gasteiger partial charge in [0.2, 0.25) is 0 Å². The minimum Gasteiger partial charge on any atom is -0.497 e. The zero-order chi connectivity index (χ0) is 12.4. The summed E-state index contributed by atoms with van der Waals surface area (Å²) < 4.78 is 4.99. The van der Waals surface area contributed by atoms with Crippen molar-refractivity contribution in [2.24, 2.45) is 0 Å². The van der Waals surface area contributed by atoms with Crippen LogP contribution in [0.1, 0.15) is 10.5 Å². The Morgan fingerprint density at radius 1 is 1.24 bits per heavy atom. The van der Waals surface area contributed by atoms with Gasteiger partial charge in [-0.2, -0.15) is 0 Å². The molecule has 2 aromatic rings. The zero-order valence-electron chi connectivity index (χ0n) is 8.98. The lowest BCUT2D eigenvalue weighted by atomic mass is 10.1. The lowest BCUT2D eigenvalue weighted by Crippen LogP contribution is -2.03. The van der Waals surface area contributed by atoms with Crippen LogP contribution >= 0.6 is 0 Å². The smallest absolute Gasteiger partial charge is 0.354 e. The lowest BCUT2D eigenvalue weighted by molar-refractivity contribution is 0.0692. The first-order valence-corrected chi connectivity index (χ1v) is 4.82. The number of rotatable bonds is 3. The maximum Gasteiger partial charge on any atom is 0.354 e. The Morgan fingerprint density at radius 3 is 2.41 bits per heavy atom. The number of carboxylic acids is 1. The summed E-state index contributed by atoms with van der Waals surface area (Å²) in [6, 6.07) is 6.72. The fourth-order valence-corrected chi connectivity index (χ4v) is 1.52. The second-order valence-corrected chi connectivity index (χ2v) is 3.36. The molecule has 0 fully saturated rings. The van der Waals surface area contributed by atoms with Gasteiger partial charge in [0.15, 0.2) is 5.69 Å². The van der Waals surface area contributed by atoms with Crippen molar-refractivity contribution in [1.29, 1.82) is 0 Å². The molecule has 17 heavy (non-hydrogen) atoms. The number of carbonyl (C=O) groups is 1. The van der Waals surface area contributed by atoms with Crippen LogP contribution in [0, 0.1) is 0 Å². The molecule has 6 heteroatoms. The maximum atomic E-state index is 11.1. The maximum absolute atomic E-state index is 11.1. The Bertz CT molecular complexity index is 595. The van der Waals surface area contributed by atoms with Crippen LogP contribution in [0.2, 0.25) is 0 Å². The molecule has 0 saturated heterocycles. The second-order valence-electron chi connectivity index (χ2n) is 3.36. The predicted octanol–water partition coefficient (Wildman–Crippen LogP) is 1.08. The van der Waals surface area contributed by atoms with Crippen LogP contribution in [-0.4, -0.2) is 28.2 Å². The fraction of sp³-hybridized carbons (Fsp3) is 0.0909. The van der Waals surface area contributed by atoms with Gasteiger partial charge in [0, 0.05) is 5.56 Å². The summed E-state index contributed by atoms with van der Waals surface area (Å²) in [6.07, 6.45) is 0. The van der Waals surface area contributed by atoms with E-state index in [-0.39, 0.29) is 11.4 Å². The minimum atomic E-state index is -1.19. The molecular weight excluding hydrogens is 224 g/mol. The zero-order valence-corrected chi connectivity index (χ0v) is 8.98. The van der Waals surface area contributed by atoms with Crippen molar-refractivity contribution in [3.8, 4) is 17.0 Å². The van der Waals surface area contributed by atoms with E-state index in [4.69, 9.17) is 9.84 Å². The molecule has 1 heterocycles. The average Bonchev–Trinajstić information content (AvgIpc) is 2.72. The normalized spacial score (nSPS) is 10.2. The standard InChI is InChI=1S/C11H10N2O4/c1-17-7-4-2-6(3-5-7)8-9(10(14)15)13-11(16)12-8/h2-5H,1H3,(H,14,15)(H2,12,13,16). The second kappa shape index (κ2) is 4.17. The lowest BCUT2D eigenvalue weighted by Gasteiger charge is -2.02. The quantitative estimate of drug-likeness (QED) is 0.740. The highest BCUT2D eigenvalue weighted by Gasteiger charge is 2.15. The molecule has 3 N–H and O–H groups in total. The molecule has 0 aliphatic carbocycles. The first-order chi connectivity index (χ1) is 8.11. The minimum absolute atomic E-state index is 0.153. The number of methoxy groups -OCH3 is 1. The molecule has 88 valence electrons. The number of nitrogens with one attached hydrogen (secondary N) is 2. The van der Waals surface area contributed by atoms with Crippen LogP contribution in [0.25, 0.3) is 11.3 Å². The number of H-pyrrole nitrogens is 2. The van der Waals surface area contributed by atoms with Crippen LogP contribution in [-0.2, 0) is 0 Å². The van der Waals surface area contributed by atoms with Crippen molar-refractivity contribution in [2.75, 3.05) is 7.11 Å². The van der Waals surface area contributed by atoms with Gasteiger partial charge in [0.25, 0.3) is 0 Å². The number of carboxylic acid groups (broad SMARTS) is 1. The van der Waals surface area contributed by atoms with E-state index in [1.807, 2.05) is 0 Å². The number of aromatic nitrogens is 2. The Balaban J connectivity index is 2.51. The summed E-state index contributed by atoms with van der Waals surface area (Å²) in [5.74, 6) is -0.530. The number of aromatic amines is 2. The van der Waals surface area contributed by atoms with Gasteiger partial charge in [-0.1, -0.05) is 0 Å². The number of imidazole rings is 1. The summed E-state index contributed by atoms with van der Waals surface area (Å²) >= 11 is 0. The van der Waals surface area contributed by atoms with Crippen molar-refractivity contribution in [3.63, 3.8) is 0 Å². The van der Waals surface area contributed by atoms with E-state index >= 15 is 0 Å². The molecule has 0 bridgehead atoms. The van der Waals surface area contributed by atoms with E-state index in [0.29, 0.717) is 11.3 Å². The number of hydrogen-bond donors (Lipinski definition) is 3.